The fourth-order valence-corrected chi connectivity index (χ4v) is 1.80. The second kappa shape index (κ2) is 5.98. The Morgan fingerprint density at radius 1 is 1.10 bits per heavy atom. The molecule has 0 saturated carbocycles. The Kier molecular flexibility index (Phi) is 4.32. The number of phenols is 1. The summed E-state index contributed by atoms with van der Waals surface area (Å²) in [6.45, 7) is 0. The molecule has 0 bridgehead atoms. The molecule has 0 aromatic heterocycles. The summed E-state index contributed by atoms with van der Waals surface area (Å²) < 4.78 is 13.1. The van der Waals surface area contributed by atoms with Gasteiger partial charge in [0.05, 0.1) is 10.7 Å². The minimum absolute atomic E-state index is 0.191. The molecule has 4 nitrogen and oxygen atoms in total. The number of rotatable bonds is 2. The number of nitrogens with one attached hydrogen (secondary N) is 2. The lowest BCUT2D eigenvalue weighted by molar-refractivity contribution is 0.262. The highest BCUT2D eigenvalue weighted by Gasteiger charge is 2.08. The first-order valence-electron chi connectivity index (χ1n) is 5.47. The molecule has 2 aromatic carbocycles. The van der Waals surface area contributed by atoms with Crippen LogP contribution in [0.25, 0.3) is 0 Å². The summed E-state index contributed by atoms with van der Waals surface area (Å²) in [7, 11) is 0. The second-order valence-electron chi connectivity index (χ2n) is 3.87. The molecule has 2 amide bonds. The van der Waals surface area contributed by atoms with Crippen LogP contribution in [-0.4, -0.2) is 11.1 Å². The van der Waals surface area contributed by atoms with E-state index in [4.69, 9.17) is 28.3 Å². The van der Waals surface area contributed by atoms with Crippen molar-refractivity contribution in [2.24, 2.45) is 0 Å². The van der Waals surface area contributed by atoms with Gasteiger partial charge in [-0.1, -0.05) is 23.2 Å². The van der Waals surface area contributed by atoms with Gasteiger partial charge in [-0.15, -0.1) is 0 Å². The fourth-order valence-electron chi connectivity index (χ4n) is 1.46. The zero-order valence-electron chi connectivity index (χ0n) is 9.95. The number of amides is 2. The number of anilines is 2. The van der Waals surface area contributed by atoms with Gasteiger partial charge >= 0.3 is 6.03 Å². The molecule has 0 fully saturated rings. The minimum atomic E-state index is -0.830. The van der Waals surface area contributed by atoms with Crippen LogP contribution >= 0.6 is 23.2 Å². The van der Waals surface area contributed by atoms with Crippen molar-refractivity contribution in [1.29, 1.82) is 0 Å². The van der Waals surface area contributed by atoms with Gasteiger partial charge in [0.1, 0.15) is 0 Å². The maximum absolute atomic E-state index is 13.1. The number of phenolic OH excluding ortho intramolecular Hbond substituents is 1. The summed E-state index contributed by atoms with van der Waals surface area (Å²) in [5.41, 5.74) is 0.520. The van der Waals surface area contributed by atoms with Crippen molar-refractivity contribution in [2.75, 3.05) is 10.6 Å². The Labute approximate surface area is 124 Å². The van der Waals surface area contributed by atoms with Crippen LogP contribution in [0, 0.1) is 5.82 Å². The second-order valence-corrected chi connectivity index (χ2v) is 4.71. The number of hydrogen-bond donors (Lipinski definition) is 3. The predicted octanol–water partition coefficient (Wildman–Crippen LogP) is 4.48. The predicted molar refractivity (Wildman–Crippen MR) is 77.2 cm³/mol. The molecule has 7 heteroatoms. The molecule has 0 atom stereocenters. The molecule has 0 spiro atoms. The molecule has 0 aliphatic heterocycles. The minimum Gasteiger partial charge on any atom is -0.505 e. The first kappa shape index (κ1) is 14.4. The van der Waals surface area contributed by atoms with Crippen molar-refractivity contribution in [2.45, 2.75) is 0 Å². The van der Waals surface area contributed by atoms with E-state index >= 15 is 0 Å². The highest BCUT2D eigenvalue weighted by molar-refractivity contribution is 6.35. The van der Waals surface area contributed by atoms with E-state index in [0.717, 1.165) is 12.1 Å². The summed E-state index contributed by atoms with van der Waals surface area (Å²) in [4.78, 5) is 11.7. The smallest absolute Gasteiger partial charge is 0.323 e. The lowest BCUT2D eigenvalue weighted by Crippen LogP contribution is -2.19. The molecule has 20 heavy (non-hydrogen) atoms. The Hall–Kier alpha value is -1.98. The van der Waals surface area contributed by atoms with Crippen molar-refractivity contribution < 1.29 is 14.3 Å². The van der Waals surface area contributed by atoms with Crippen molar-refractivity contribution in [3.63, 3.8) is 0 Å². The van der Waals surface area contributed by atoms with Gasteiger partial charge in [0.2, 0.25) is 0 Å². The highest BCUT2D eigenvalue weighted by Crippen LogP contribution is 2.26. The van der Waals surface area contributed by atoms with E-state index < -0.39 is 17.6 Å². The molecular weight excluding hydrogens is 306 g/mol. The van der Waals surface area contributed by atoms with Gasteiger partial charge in [0.25, 0.3) is 0 Å². The number of hydrogen-bond acceptors (Lipinski definition) is 2. The molecule has 0 aliphatic rings. The van der Waals surface area contributed by atoms with E-state index in [-0.39, 0.29) is 5.69 Å². The zero-order chi connectivity index (χ0) is 14.7. The Bertz CT molecular complexity index is 665. The monoisotopic (exact) mass is 314 g/mol. The van der Waals surface area contributed by atoms with E-state index in [1.54, 1.807) is 12.1 Å². The third-order valence-corrected chi connectivity index (χ3v) is 2.95. The molecule has 2 rings (SSSR count). The van der Waals surface area contributed by atoms with Gasteiger partial charge < -0.3 is 15.7 Å². The van der Waals surface area contributed by atoms with Gasteiger partial charge in [0, 0.05) is 16.8 Å². The molecule has 0 radical (unpaired) electrons. The zero-order valence-corrected chi connectivity index (χ0v) is 11.5. The molecular formula is C13H9Cl2FN2O2. The van der Waals surface area contributed by atoms with Crippen LogP contribution in [0.15, 0.2) is 36.4 Å². The Morgan fingerprint density at radius 3 is 2.55 bits per heavy atom. The van der Waals surface area contributed by atoms with E-state index in [1.165, 1.54) is 12.1 Å². The van der Waals surface area contributed by atoms with Gasteiger partial charge in [-0.2, -0.15) is 0 Å². The largest absolute Gasteiger partial charge is 0.505 e. The van der Waals surface area contributed by atoms with Gasteiger partial charge in [-0.05, 0) is 30.3 Å². The van der Waals surface area contributed by atoms with E-state index in [0.29, 0.717) is 15.7 Å². The molecule has 0 unspecified atom stereocenters. The summed E-state index contributed by atoms with van der Waals surface area (Å²) >= 11 is 11.7. The fraction of sp³-hybridized carbons (Fsp3) is 0. The van der Waals surface area contributed by atoms with E-state index in [9.17, 15) is 9.18 Å². The van der Waals surface area contributed by atoms with Gasteiger partial charge in [-0.25, -0.2) is 9.18 Å². The maximum Gasteiger partial charge on any atom is 0.323 e. The van der Waals surface area contributed by atoms with E-state index in [1.807, 2.05) is 0 Å². The van der Waals surface area contributed by atoms with Crippen LogP contribution in [-0.2, 0) is 0 Å². The third-order valence-electron chi connectivity index (χ3n) is 2.38. The standard InChI is InChI=1S/C13H9Cl2FN2O2/c14-7-1-3-9(15)11(5-7)18-13(20)17-8-2-4-12(19)10(16)6-8/h1-6,19H,(H2,17,18,20). The first-order chi connectivity index (χ1) is 9.45. The highest BCUT2D eigenvalue weighted by atomic mass is 35.5. The van der Waals surface area contributed by atoms with Gasteiger partial charge in [-0.3, -0.25) is 0 Å². The quantitative estimate of drug-likeness (QED) is 0.715. The number of carbonyl (C=O) groups is 1. The maximum atomic E-state index is 13.1. The summed E-state index contributed by atoms with van der Waals surface area (Å²) in [5, 5.41) is 14.7. The van der Waals surface area contributed by atoms with Crippen molar-refractivity contribution >= 4 is 40.6 Å². The topological polar surface area (TPSA) is 61.4 Å². The SMILES string of the molecule is O=C(Nc1ccc(O)c(F)c1)Nc1cc(Cl)ccc1Cl. The van der Waals surface area contributed by atoms with Crippen molar-refractivity contribution in [3.8, 4) is 5.75 Å². The number of aromatic hydroxyl groups is 1. The van der Waals surface area contributed by atoms with Crippen LogP contribution < -0.4 is 10.6 Å². The lowest BCUT2D eigenvalue weighted by Gasteiger charge is -2.09. The normalized spacial score (nSPS) is 10.2. The van der Waals surface area contributed by atoms with Crippen LogP contribution in [0.4, 0.5) is 20.6 Å². The molecule has 0 saturated heterocycles. The number of carbonyl (C=O) groups excluding carboxylic acids is 1. The van der Waals surface area contributed by atoms with Crippen molar-refractivity contribution in [1.82, 2.24) is 0 Å². The molecule has 104 valence electrons. The van der Waals surface area contributed by atoms with Crippen LogP contribution in [0.3, 0.4) is 0 Å². The summed E-state index contributed by atoms with van der Waals surface area (Å²) in [6.07, 6.45) is 0. The molecule has 0 aliphatic carbocycles. The van der Waals surface area contributed by atoms with Crippen molar-refractivity contribution in [3.05, 3.63) is 52.3 Å². The van der Waals surface area contributed by atoms with Crippen LogP contribution in [0.1, 0.15) is 0 Å². The lowest BCUT2D eigenvalue weighted by atomic mass is 10.3. The molecule has 2 aromatic rings. The number of benzene rings is 2. The number of urea groups is 1. The Morgan fingerprint density at radius 2 is 1.85 bits per heavy atom. The first-order valence-corrected chi connectivity index (χ1v) is 6.23. The average molecular weight is 315 g/mol. The summed E-state index contributed by atoms with van der Waals surface area (Å²) in [5.74, 6) is -1.32. The Balaban J connectivity index is 2.09. The van der Waals surface area contributed by atoms with Crippen LogP contribution in [0.2, 0.25) is 10.0 Å². The van der Waals surface area contributed by atoms with E-state index in [2.05, 4.69) is 10.6 Å². The average Bonchev–Trinajstić information content (AvgIpc) is 2.38. The van der Waals surface area contributed by atoms with Crippen LogP contribution in [0.5, 0.6) is 5.75 Å². The third kappa shape index (κ3) is 3.53. The molecule has 3 N–H and O–H groups in total. The summed E-state index contributed by atoms with van der Waals surface area (Å²) in [6, 6.07) is 7.49. The number of halogens is 3. The van der Waals surface area contributed by atoms with Gasteiger partial charge in [0.15, 0.2) is 11.6 Å². The molecule has 0 heterocycles.